The van der Waals surface area contributed by atoms with Crippen molar-refractivity contribution in [2.45, 2.75) is 26.3 Å². The average molecular weight is 283 g/mol. The number of hydrogen-bond acceptors (Lipinski definition) is 2. The van der Waals surface area contributed by atoms with Crippen LogP contribution in [0.1, 0.15) is 31.9 Å². The summed E-state index contributed by atoms with van der Waals surface area (Å²) in [5.41, 5.74) is 8.57. The van der Waals surface area contributed by atoms with E-state index in [0.717, 1.165) is 16.7 Å². The van der Waals surface area contributed by atoms with Crippen molar-refractivity contribution < 1.29 is 9.90 Å². The molecule has 3 N–H and O–H groups in total. The van der Waals surface area contributed by atoms with Gasteiger partial charge in [-0.05, 0) is 37.0 Å². The lowest BCUT2D eigenvalue weighted by atomic mass is 9.84. The van der Waals surface area contributed by atoms with E-state index in [1.54, 1.807) is 13.8 Å². The van der Waals surface area contributed by atoms with Crippen molar-refractivity contribution in [3.8, 4) is 11.1 Å². The van der Waals surface area contributed by atoms with Crippen LogP contribution >= 0.6 is 0 Å². The zero-order chi connectivity index (χ0) is 15.5. The quantitative estimate of drug-likeness (QED) is 0.876. The second-order valence-electron chi connectivity index (χ2n) is 5.99. The first-order chi connectivity index (χ1) is 9.90. The van der Waals surface area contributed by atoms with Gasteiger partial charge in [0.05, 0.1) is 5.41 Å². The Morgan fingerprint density at radius 1 is 1.05 bits per heavy atom. The van der Waals surface area contributed by atoms with Gasteiger partial charge in [-0.25, -0.2) is 0 Å². The highest BCUT2D eigenvalue weighted by atomic mass is 16.4. The zero-order valence-electron chi connectivity index (χ0n) is 12.4. The van der Waals surface area contributed by atoms with Crippen molar-refractivity contribution in [2.75, 3.05) is 0 Å². The van der Waals surface area contributed by atoms with Gasteiger partial charge in [-0.1, -0.05) is 54.6 Å². The van der Waals surface area contributed by atoms with Crippen LogP contribution in [0.4, 0.5) is 0 Å². The molecule has 0 aromatic heterocycles. The predicted molar refractivity (Wildman–Crippen MR) is 84.8 cm³/mol. The lowest BCUT2D eigenvalue weighted by molar-refractivity contribution is -0.147. The fourth-order valence-corrected chi connectivity index (χ4v) is 2.31. The highest BCUT2D eigenvalue weighted by molar-refractivity contribution is 5.73. The largest absolute Gasteiger partial charge is 0.481 e. The van der Waals surface area contributed by atoms with E-state index in [9.17, 15) is 9.90 Å². The van der Waals surface area contributed by atoms with Crippen molar-refractivity contribution in [3.63, 3.8) is 0 Å². The molecule has 0 spiro atoms. The minimum Gasteiger partial charge on any atom is -0.481 e. The zero-order valence-corrected chi connectivity index (χ0v) is 12.4. The summed E-state index contributed by atoms with van der Waals surface area (Å²) in [6, 6.07) is 17.8. The molecular formula is C18H21NO2. The average Bonchev–Trinajstić information content (AvgIpc) is 2.48. The Morgan fingerprint density at radius 2 is 1.57 bits per heavy atom. The molecule has 0 aliphatic carbocycles. The SMILES string of the molecule is CC(C)(CC(N)c1ccc(-c2ccccc2)cc1)C(=O)O. The molecule has 110 valence electrons. The van der Waals surface area contributed by atoms with E-state index in [2.05, 4.69) is 12.1 Å². The van der Waals surface area contributed by atoms with Gasteiger partial charge in [-0.2, -0.15) is 0 Å². The molecule has 0 aliphatic heterocycles. The van der Waals surface area contributed by atoms with Crippen LogP contribution in [-0.4, -0.2) is 11.1 Å². The molecular weight excluding hydrogens is 262 g/mol. The van der Waals surface area contributed by atoms with E-state index < -0.39 is 11.4 Å². The molecule has 0 saturated carbocycles. The molecule has 1 unspecified atom stereocenters. The summed E-state index contributed by atoms with van der Waals surface area (Å²) in [6.07, 6.45) is 0.410. The molecule has 0 heterocycles. The topological polar surface area (TPSA) is 63.3 Å². The molecule has 2 rings (SSSR count). The van der Waals surface area contributed by atoms with Gasteiger partial charge in [-0.15, -0.1) is 0 Å². The third-order valence-corrected chi connectivity index (χ3v) is 3.76. The summed E-state index contributed by atoms with van der Waals surface area (Å²) in [5, 5.41) is 9.17. The van der Waals surface area contributed by atoms with E-state index in [-0.39, 0.29) is 6.04 Å². The van der Waals surface area contributed by atoms with Gasteiger partial charge in [-0.3, -0.25) is 4.79 Å². The van der Waals surface area contributed by atoms with Crippen molar-refractivity contribution >= 4 is 5.97 Å². The summed E-state index contributed by atoms with van der Waals surface area (Å²) in [5.74, 6) is -0.821. The Hall–Kier alpha value is -2.13. The lowest BCUT2D eigenvalue weighted by Gasteiger charge is -2.23. The van der Waals surface area contributed by atoms with Gasteiger partial charge in [0, 0.05) is 6.04 Å². The summed E-state index contributed by atoms with van der Waals surface area (Å²) in [6.45, 7) is 3.40. The number of hydrogen-bond donors (Lipinski definition) is 2. The number of nitrogens with two attached hydrogens (primary N) is 1. The van der Waals surface area contributed by atoms with E-state index in [1.807, 2.05) is 42.5 Å². The first-order valence-electron chi connectivity index (χ1n) is 7.04. The van der Waals surface area contributed by atoms with Crippen LogP contribution in [0, 0.1) is 5.41 Å². The molecule has 0 saturated heterocycles. The Bertz CT molecular complexity index is 603. The van der Waals surface area contributed by atoms with Gasteiger partial charge < -0.3 is 10.8 Å². The van der Waals surface area contributed by atoms with Gasteiger partial charge >= 0.3 is 5.97 Å². The second-order valence-corrected chi connectivity index (χ2v) is 5.99. The summed E-state index contributed by atoms with van der Waals surface area (Å²) in [7, 11) is 0. The molecule has 2 aromatic carbocycles. The Balaban J connectivity index is 2.14. The number of carboxylic acid groups (broad SMARTS) is 1. The maximum atomic E-state index is 11.2. The molecule has 2 aromatic rings. The lowest BCUT2D eigenvalue weighted by Crippen LogP contribution is -2.28. The van der Waals surface area contributed by atoms with Crippen molar-refractivity contribution in [2.24, 2.45) is 11.1 Å². The van der Waals surface area contributed by atoms with Crippen LogP contribution in [0.15, 0.2) is 54.6 Å². The number of carboxylic acids is 1. The monoisotopic (exact) mass is 283 g/mol. The minimum atomic E-state index is -0.822. The number of benzene rings is 2. The molecule has 0 bridgehead atoms. The molecule has 1 atom stereocenters. The molecule has 21 heavy (non-hydrogen) atoms. The number of rotatable bonds is 5. The molecule has 0 radical (unpaired) electrons. The molecule has 0 fully saturated rings. The maximum absolute atomic E-state index is 11.2. The first-order valence-corrected chi connectivity index (χ1v) is 7.04. The summed E-state index contributed by atoms with van der Waals surface area (Å²) >= 11 is 0. The third kappa shape index (κ3) is 3.70. The van der Waals surface area contributed by atoms with Gasteiger partial charge in [0.15, 0.2) is 0 Å². The van der Waals surface area contributed by atoms with Crippen LogP contribution in [0.25, 0.3) is 11.1 Å². The fourth-order valence-electron chi connectivity index (χ4n) is 2.31. The fraction of sp³-hybridized carbons (Fsp3) is 0.278. The molecule has 3 nitrogen and oxygen atoms in total. The van der Waals surface area contributed by atoms with E-state index in [1.165, 1.54) is 0 Å². The van der Waals surface area contributed by atoms with Gasteiger partial charge in [0.25, 0.3) is 0 Å². The smallest absolute Gasteiger partial charge is 0.309 e. The number of carbonyl (C=O) groups is 1. The van der Waals surface area contributed by atoms with E-state index >= 15 is 0 Å². The molecule has 0 amide bonds. The van der Waals surface area contributed by atoms with Crippen molar-refractivity contribution in [1.29, 1.82) is 0 Å². The normalized spacial score (nSPS) is 12.9. The Kier molecular flexibility index (Phi) is 4.43. The van der Waals surface area contributed by atoms with Crippen LogP contribution < -0.4 is 5.73 Å². The van der Waals surface area contributed by atoms with Crippen LogP contribution in [0.5, 0.6) is 0 Å². The van der Waals surface area contributed by atoms with Crippen LogP contribution in [-0.2, 0) is 4.79 Å². The van der Waals surface area contributed by atoms with Gasteiger partial charge in [0.1, 0.15) is 0 Å². The maximum Gasteiger partial charge on any atom is 0.309 e. The van der Waals surface area contributed by atoms with Gasteiger partial charge in [0.2, 0.25) is 0 Å². The van der Waals surface area contributed by atoms with E-state index in [0.29, 0.717) is 6.42 Å². The second kappa shape index (κ2) is 6.10. The highest BCUT2D eigenvalue weighted by Crippen LogP contribution is 2.29. The Morgan fingerprint density at radius 3 is 2.10 bits per heavy atom. The van der Waals surface area contributed by atoms with Crippen LogP contribution in [0.2, 0.25) is 0 Å². The standard InChI is InChI=1S/C18H21NO2/c1-18(2,17(20)21)12-16(19)15-10-8-14(9-11-15)13-6-4-3-5-7-13/h3-11,16H,12,19H2,1-2H3,(H,20,21). The molecule has 3 heteroatoms. The van der Waals surface area contributed by atoms with Crippen LogP contribution in [0.3, 0.4) is 0 Å². The number of aliphatic carboxylic acids is 1. The van der Waals surface area contributed by atoms with E-state index in [4.69, 9.17) is 5.73 Å². The molecule has 0 aliphatic rings. The first kappa shape index (κ1) is 15.3. The highest BCUT2D eigenvalue weighted by Gasteiger charge is 2.29. The summed E-state index contributed by atoms with van der Waals surface area (Å²) < 4.78 is 0. The minimum absolute atomic E-state index is 0.277. The third-order valence-electron chi connectivity index (χ3n) is 3.76. The predicted octanol–water partition coefficient (Wildman–Crippen LogP) is 3.85. The Labute approximate surface area is 125 Å². The van der Waals surface area contributed by atoms with Crippen molar-refractivity contribution in [3.05, 3.63) is 60.2 Å². The summed E-state index contributed by atoms with van der Waals surface area (Å²) in [4.78, 5) is 11.2. The van der Waals surface area contributed by atoms with Crippen molar-refractivity contribution in [1.82, 2.24) is 0 Å².